The maximum absolute atomic E-state index is 13.2. The minimum absolute atomic E-state index is 0.0146. The first-order chi connectivity index (χ1) is 13.6. The molecule has 1 N–H and O–H groups in total. The summed E-state index contributed by atoms with van der Waals surface area (Å²) in [6, 6.07) is 13.0. The van der Waals surface area contributed by atoms with E-state index in [4.69, 9.17) is 0 Å². The number of hydrogen-bond acceptors (Lipinski definition) is 4. The molecule has 1 aliphatic carbocycles. The SMILES string of the molecule is CC1CC1C(=O)Nc1cccc(C(=O)N(c2ccc(S(C)(=O)=O)cc2)C(C)C)c1. The second-order valence-corrected chi connectivity index (χ2v) is 9.94. The second kappa shape index (κ2) is 7.99. The van der Waals surface area contributed by atoms with Gasteiger partial charge < -0.3 is 10.2 Å². The molecule has 0 spiro atoms. The van der Waals surface area contributed by atoms with Crippen molar-refractivity contribution in [1.29, 1.82) is 0 Å². The van der Waals surface area contributed by atoms with Crippen LogP contribution in [0.25, 0.3) is 0 Å². The molecule has 1 aliphatic rings. The summed E-state index contributed by atoms with van der Waals surface area (Å²) in [5.41, 5.74) is 1.65. The van der Waals surface area contributed by atoms with E-state index < -0.39 is 9.84 Å². The first-order valence-corrected chi connectivity index (χ1v) is 11.5. The molecule has 0 saturated heterocycles. The summed E-state index contributed by atoms with van der Waals surface area (Å²) in [7, 11) is -3.30. The van der Waals surface area contributed by atoms with Gasteiger partial charge in [0.15, 0.2) is 9.84 Å². The summed E-state index contributed by atoms with van der Waals surface area (Å²) in [5, 5.41) is 2.89. The Labute approximate surface area is 171 Å². The molecule has 1 fully saturated rings. The highest BCUT2D eigenvalue weighted by Crippen LogP contribution is 2.38. The number of benzene rings is 2. The number of nitrogens with zero attached hydrogens (tertiary/aromatic N) is 1. The Morgan fingerprint density at radius 3 is 2.24 bits per heavy atom. The number of amides is 2. The molecular formula is C22H26N2O4S. The van der Waals surface area contributed by atoms with Crippen molar-refractivity contribution < 1.29 is 18.0 Å². The van der Waals surface area contributed by atoms with E-state index in [2.05, 4.69) is 5.32 Å². The van der Waals surface area contributed by atoms with Gasteiger partial charge in [0.25, 0.3) is 5.91 Å². The van der Waals surface area contributed by atoms with Gasteiger partial charge in [-0.3, -0.25) is 9.59 Å². The van der Waals surface area contributed by atoms with E-state index in [1.54, 1.807) is 41.3 Å². The Morgan fingerprint density at radius 1 is 1.10 bits per heavy atom. The van der Waals surface area contributed by atoms with Gasteiger partial charge in [-0.05, 0) is 68.7 Å². The van der Waals surface area contributed by atoms with Crippen molar-refractivity contribution in [2.24, 2.45) is 11.8 Å². The molecule has 0 bridgehead atoms. The smallest absolute Gasteiger partial charge is 0.258 e. The average Bonchev–Trinajstić information content (AvgIpc) is 3.38. The standard InChI is InChI=1S/C22H26N2O4S/c1-14(2)24(18-8-10-19(11-9-18)29(4,27)28)22(26)16-6-5-7-17(13-16)23-21(25)20-12-15(20)3/h5-11,13-15,20H,12H2,1-4H3,(H,23,25). The van der Waals surface area contributed by atoms with Gasteiger partial charge >= 0.3 is 0 Å². The molecule has 2 unspecified atom stereocenters. The lowest BCUT2D eigenvalue weighted by Crippen LogP contribution is -2.37. The van der Waals surface area contributed by atoms with Crippen molar-refractivity contribution in [2.45, 2.75) is 38.1 Å². The fourth-order valence-electron chi connectivity index (χ4n) is 3.30. The van der Waals surface area contributed by atoms with Gasteiger partial charge in [0.1, 0.15) is 0 Å². The molecule has 1 saturated carbocycles. The molecule has 7 heteroatoms. The lowest BCUT2D eigenvalue weighted by molar-refractivity contribution is -0.117. The molecule has 2 amide bonds. The van der Waals surface area contributed by atoms with Crippen LogP contribution in [0.1, 0.15) is 37.6 Å². The van der Waals surface area contributed by atoms with E-state index in [0.29, 0.717) is 22.9 Å². The Hall–Kier alpha value is -2.67. The zero-order chi connectivity index (χ0) is 21.3. The number of anilines is 2. The highest BCUT2D eigenvalue weighted by molar-refractivity contribution is 7.90. The van der Waals surface area contributed by atoms with E-state index in [0.717, 1.165) is 12.7 Å². The summed E-state index contributed by atoms with van der Waals surface area (Å²) in [6.45, 7) is 5.82. The quantitative estimate of drug-likeness (QED) is 0.780. The van der Waals surface area contributed by atoms with E-state index in [1.165, 1.54) is 12.1 Å². The van der Waals surface area contributed by atoms with Crippen LogP contribution < -0.4 is 10.2 Å². The second-order valence-electron chi connectivity index (χ2n) is 7.92. The third-order valence-electron chi connectivity index (χ3n) is 5.10. The van der Waals surface area contributed by atoms with Crippen LogP contribution in [-0.2, 0) is 14.6 Å². The molecule has 0 heterocycles. The van der Waals surface area contributed by atoms with Crippen LogP contribution in [0, 0.1) is 11.8 Å². The number of nitrogens with one attached hydrogen (secondary N) is 1. The molecule has 29 heavy (non-hydrogen) atoms. The number of carbonyl (C=O) groups excluding carboxylic acids is 2. The summed E-state index contributed by atoms with van der Waals surface area (Å²) in [6.07, 6.45) is 2.05. The highest BCUT2D eigenvalue weighted by Gasteiger charge is 2.39. The third kappa shape index (κ3) is 4.85. The summed E-state index contributed by atoms with van der Waals surface area (Å²) >= 11 is 0. The van der Waals surface area contributed by atoms with Crippen molar-refractivity contribution in [1.82, 2.24) is 0 Å². The van der Waals surface area contributed by atoms with E-state index in [9.17, 15) is 18.0 Å². The molecule has 0 aromatic heterocycles. The Morgan fingerprint density at radius 2 is 1.72 bits per heavy atom. The van der Waals surface area contributed by atoms with Crippen LogP contribution >= 0.6 is 0 Å². The summed E-state index contributed by atoms with van der Waals surface area (Å²) in [4.78, 5) is 27.2. The number of rotatable bonds is 6. The zero-order valence-corrected chi connectivity index (χ0v) is 17.9. The number of carbonyl (C=O) groups is 2. The number of sulfone groups is 1. The molecule has 0 aliphatic heterocycles. The summed E-state index contributed by atoms with van der Waals surface area (Å²) < 4.78 is 23.4. The lowest BCUT2D eigenvalue weighted by Gasteiger charge is -2.27. The molecule has 6 nitrogen and oxygen atoms in total. The number of hydrogen-bond donors (Lipinski definition) is 1. The largest absolute Gasteiger partial charge is 0.326 e. The highest BCUT2D eigenvalue weighted by atomic mass is 32.2. The van der Waals surface area contributed by atoms with E-state index >= 15 is 0 Å². The van der Waals surface area contributed by atoms with Crippen LogP contribution in [0.2, 0.25) is 0 Å². The fourth-order valence-corrected chi connectivity index (χ4v) is 3.93. The van der Waals surface area contributed by atoms with Gasteiger partial charge in [-0.25, -0.2) is 8.42 Å². The average molecular weight is 415 g/mol. The van der Waals surface area contributed by atoms with Gasteiger partial charge in [0, 0.05) is 35.2 Å². The maximum Gasteiger partial charge on any atom is 0.258 e. The van der Waals surface area contributed by atoms with Crippen LogP contribution in [0.3, 0.4) is 0 Å². The van der Waals surface area contributed by atoms with Gasteiger partial charge in [-0.2, -0.15) is 0 Å². The fraction of sp³-hybridized carbons (Fsp3) is 0.364. The monoisotopic (exact) mass is 414 g/mol. The van der Waals surface area contributed by atoms with Crippen LogP contribution in [0.5, 0.6) is 0 Å². The third-order valence-corrected chi connectivity index (χ3v) is 6.23. The van der Waals surface area contributed by atoms with Crippen molar-refractivity contribution >= 4 is 33.0 Å². The van der Waals surface area contributed by atoms with Crippen LogP contribution in [-0.4, -0.2) is 32.5 Å². The van der Waals surface area contributed by atoms with Crippen molar-refractivity contribution in [3.63, 3.8) is 0 Å². The molecule has 154 valence electrons. The van der Waals surface area contributed by atoms with Crippen molar-refractivity contribution in [3.8, 4) is 0 Å². The predicted molar refractivity (Wildman–Crippen MR) is 114 cm³/mol. The van der Waals surface area contributed by atoms with Crippen molar-refractivity contribution in [3.05, 3.63) is 54.1 Å². The predicted octanol–water partition coefficient (Wildman–Crippen LogP) is 3.74. The van der Waals surface area contributed by atoms with Crippen LogP contribution in [0.4, 0.5) is 11.4 Å². The van der Waals surface area contributed by atoms with E-state index in [1.807, 2.05) is 20.8 Å². The normalized spacial score (nSPS) is 18.4. The van der Waals surface area contributed by atoms with Gasteiger partial charge in [-0.15, -0.1) is 0 Å². The Kier molecular flexibility index (Phi) is 5.80. The topological polar surface area (TPSA) is 83.6 Å². The minimum atomic E-state index is -3.30. The van der Waals surface area contributed by atoms with Crippen LogP contribution in [0.15, 0.2) is 53.4 Å². The first kappa shape index (κ1) is 21.0. The zero-order valence-electron chi connectivity index (χ0n) is 17.0. The molecular weight excluding hydrogens is 388 g/mol. The Balaban J connectivity index is 1.84. The van der Waals surface area contributed by atoms with Crippen molar-refractivity contribution in [2.75, 3.05) is 16.5 Å². The molecule has 2 atom stereocenters. The summed E-state index contributed by atoms with van der Waals surface area (Å²) in [5.74, 6) is 0.225. The lowest BCUT2D eigenvalue weighted by atomic mass is 10.1. The molecule has 0 radical (unpaired) electrons. The van der Waals surface area contributed by atoms with Gasteiger partial charge in [0.2, 0.25) is 5.91 Å². The van der Waals surface area contributed by atoms with Gasteiger partial charge in [-0.1, -0.05) is 13.0 Å². The van der Waals surface area contributed by atoms with E-state index in [-0.39, 0.29) is 28.7 Å². The molecule has 2 aromatic rings. The molecule has 2 aromatic carbocycles. The first-order valence-electron chi connectivity index (χ1n) is 9.62. The Bertz CT molecular complexity index is 1030. The minimum Gasteiger partial charge on any atom is -0.326 e. The maximum atomic E-state index is 13.2. The molecule has 3 rings (SSSR count). The van der Waals surface area contributed by atoms with Gasteiger partial charge in [0.05, 0.1) is 4.90 Å².